The smallest absolute Gasteiger partial charge is 0.253 e. The molecule has 0 heterocycles. The lowest BCUT2D eigenvalue weighted by Gasteiger charge is -2.35. The fraction of sp³-hybridized carbons (Fsp3) is 0.533. The Balaban J connectivity index is 1.97. The number of anilines is 1. The Bertz CT molecular complexity index is 497. The van der Waals surface area contributed by atoms with Crippen molar-refractivity contribution in [1.82, 2.24) is 5.32 Å². The van der Waals surface area contributed by atoms with E-state index < -0.39 is 17.3 Å². The Morgan fingerprint density at radius 1 is 1.50 bits per heavy atom. The van der Waals surface area contributed by atoms with Gasteiger partial charge in [-0.05, 0) is 43.7 Å². The fourth-order valence-electron chi connectivity index (χ4n) is 2.55. The number of benzene rings is 1. The SMILES string of the molecule is CC1CCC(O)(CNC(=O)c2cccc(F)c2N)CC1. The number of nitrogen functional groups attached to an aromatic ring is 1. The van der Waals surface area contributed by atoms with Crippen molar-refractivity contribution >= 4 is 11.6 Å². The van der Waals surface area contributed by atoms with Gasteiger partial charge in [-0.25, -0.2) is 4.39 Å². The van der Waals surface area contributed by atoms with E-state index in [1.54, 1.807) is 0 Å². The summed E-state index contributed by atoms with van der Waals surface area (Å²) < 4.78 is 13.3. The van der Waals surface area contributed by atoms with Gasteiger partial charge in [0, 0.05) is 6.54 Å². The van der Waals surface area contributed by atoms with E-state index in [0.717, 1.165) is 12.8 Å². The Morgan fingerprint density at radius 3 is 2.80 bits per heavy atom. The highest BCUT2D eigenvalue weighted by molar-refractivity contribution is 5.99. The third-order valence-electron chi connectivity index (χ3n) is 4.08. The number of halogens is 1. The number of nitrogens with two attached hydrogens (primary N) is 1. The molecule has 0 aliphatic heterocycles. The molecule has 0 saturated heterocycles. The first-order chi connectivity index (χ1) is 9.41. The summed E-state index contributed by atoms with van der Waals surface area (Å²) in [6.07, 6.45) is 3.25. The molecule has 4 N–H and O–H groups in total. The molecule has 1 fully saturated rings. The molecule has 0 atom stereocenters. The molecule has 5 heteroatoms. The molecule has 0 spiro atoms. The molecular weight excluding hydrogens is 259 g/mol. The first kappa shape index (κ1) is 14.8. The molecule has 2 rings (SSSR count). The number of rotatable bonds is 3. The van der Waals surface area contributed by atoms with E-state index in [9.17, 15) is 14.3 Å². The zero-order chi connectivity index (χ0) is 14.8. The van der Waals surface area contributed by atoms with Crippen molar-refractivity contribution in [2.75, 3.05) is 12.3 Å². The van der Waals surface area contributed by atoms with Crippen molar-refractivity contribution < 1.29 is 14.3 Å². The van der Waals surface area contributed by atoms with Gasteiger partial charge in [-0.1, -0.05) is 13.0 Å². The lowest BCUT2D eigenvalue weighted by molar-refractivity contribution is -0.00539. The van der Waals surface area contributed by atoms with Crippen molar-refractivity contribution in [2.45, 2.75) is 38.2 Å². The molecule has 20 heavy (non-hydrogen) atoms. The van der Waals surface area contributed by atoms with Crippen LogP contribution in [0.5, 0.6) is 0 Å². The predicted octanol–water partition coefficient (Wildman–Crippen LogP) is 2.08. The maximum absolute atomic E-state index is 13.3. The largest absolute Gasteiger partial charge is 0.396 e. The van der Waals surface area contributed by atoms with E-state index in [1.165, 1.54) is 18.2 Å². The molecule has 4 nitrogen and oxygen atoms in total. The summed E-state index contributed by atoms with van der Waals surface area (Å²) in [4.78, 5) is 12.0. The minimum atomic E-state index is -0.857. The van der Waals surface area contributed by atoms with Crippen LogP contribution in [0.1, 0.15) is 43.0 Å². The fourth-order valence-corrected chi connectivity index (χ4v) is 2.55. The van der Waals surface area contributed by atoms with Gasteiger partial charge < -0.3 is 16.2 Å². The van der Waals surface area contributed by atoms with Crippen molar-refractivity contribution in [3.63, 3.8) is 0 Å². The van der Waals surface area contributed by atoms with Crippen molar-refractivity contribution in [3.8, 4) is 0 Å². The molecule has 110 valence electrons. The minimum absolute atomic E-state index is 0.109. The minimum Gasteiger partial charge on any atom is -0.396 e. The topological polar surface area (TPSA) is 75.3 Å². The number of hydrogen-bond acceptors (Lipinski definition) is 3. The number of amides is 1. The van der Waals surface area contributed by atoms with Gasteiger partial charge in [-0.2, -0.15) is 0 Å². The summed E-state index contributed by atoms with van der Waals surface area (Å²) in [6, 6.07) is 4.13. The highest BCUT2D eigenvalue weighted by atomic mass is 19.1. The standard InChI is InChI=1S/C15H21FN2O2/c1-10-5-7-15(20,8-6-10)9-18-14(19)11-3-2-4-12(16)13(11)17/h2-4,10,20H,5-9,17H2,1H3,(H,18,19). The first-order valence-corrected chi connectivity index (χ1v) is 6.96. The molecule has 0 unspecified atom stereocenters. The Morgan fingerprint density at radius 2 is 2.15 bits per heavy atom. The van der Waals surface area contributed by atoms with Crippen LogP contribution in [0, 0.1) is 11.7 Å². The van der Waals surface area contributed by atoms with Gasteiger partial charge >= 0.3 is 0 Å². The van der Waals surface area contributed by atoms with Crippen LogP contribution in [0.2, 0.25) is 0 Å². The van der Waals surface area contributed by atoms with E-state index in [0.29, 0.717) is 18.8 Å². The number of carbonyl (C=O) groups excluding carboxylic acids is 1. The van der Waals surface area contributed by atoms with Crippen LogP contribution in [0.4, 0.5) is 10.1 Å². The molecule has 1 aromatic rings. The lowest BCUT2D eigenvalue weighted by Crippen LogP contribution is -2.45. The van der Waals surface area contributed by atoms with E-state index >= 15 is 0 Å². The molecule has 1 amide bonds. The predicted molar refractivity (Wildman–Crippen MR) is 75.7 cm³/mol. The molecule has 0 aromatic heterocycles. The van der Waals surface area contributed by atoms with Crippen LogP contribution in [0.15, 0.2) is 18.2 Å². The van der Waals surface area contributed by atoms with Crippen molar-refractivity contribution in [3.05, 3.63) is 29.6 Å². The van der Waals surface area contributed by atoms with E-state index in [2.05, 4.69) is 12.2 Å². The first-order valence-electron chi connectivity index (χ1n) is 6.96. The quantitative estimate of drug-likeness (QED) is 0.742. The molecule has 0 radical (unpaired) electrons. The van der Waals surface area contributed by atoms with E-state index in [-0.39, 0.29) is 17.8 Å². The second kappa shape index (κ2) is 5.79. The molecule has 1 aliphatic rings. The van der Waals surface area contributed by atoms with Crippen molar-refractivity contribution in [2.24, 2.45) is 5.92 Å². The maximum atomic E-state index is 13.3. The summed E-state index contributed by atoms with van der Waals surface area (Å²) in [5.74, 6) is -0.443. The van der Waals surface area contributed by atoms with Crippen LogP contribution in [0.3, 0.4) is 0 Å². The summed E-state index contributed by atoms with van der Waals surface area (Å²) in [7, 11) is 0. The highest BCUT2D eigenvalue weighted by Gasteiger charge is 2.32. The third kappa shape index (κ3) is 3.28. The third-order valence-corrected chi connectivity index (χ3v) is 4.08. The zero-order valence-electron chi connectivity index (χ0n) is 11.7. The van der Waals surface area contributed by atoms with E-state index in [1.807, 2.05) is 0 Å². The zero-order valence-corrected chi connectivity index (χ0v) is 11.7. The molecular formula is C15H21FN2O2. The summed E-state index contributed by atoms with van der Waals surface area (Å²) in [5, 5.41) is 13.0. The second-order valence-corrected chi connectivity index (χ2v) is 5.79. The van der Waals surface area contributed by atoms with Crippen LogP contribution < -0.4 is 11.1 Å². The number of aliphatic hydroxyl groups is 1. The van der Waals surface area contributed by atoms with Gasteiger partial charge in [0.15, 0.2) is 0 Å². The van der Waals surface area contributed by atoms with Crippen LogP contribution >= 0.6 is 0 Å². The van der Waals surface area contributed by atoms with Gasteiger partial charge in [0.2, 0.25) is 0 Å². The van der Waals surface area contributed by atoms with E-state index in [4.69, 9.17) is 5.73 Å². The average Bonchev–Trinajstić information content (AvgIpc) is 2.43. The van der Waals surface area contributed by atoms with Gasteiger partial charge in [0.1, 0.15) is 5.82 Å². The Labute approximate surface area is 118 Å². The molecule has 1 saturated carbocycles. The van der Waals surface area contributed by atoms with Crippen LogP contribution in [-0.2, 0) is 0 Å². The normalized spacial score (nSPS) is 26.2. The summed E-state index contributed by atoms with van der Waals surface area (Å²) in [6.45, 7) is 2.33. The van der Waals surface area contributed by atoms with Crippen molar-refractivity contribution in [1.29, 1.82) is 0 Å². The van der Waals surface area contributed by atoms with Gasteiger partial charge in [0.05, 0.1) is 16.9 Å². The number of para-hydroxylation sites is 1. The molecule has 0 bridgehead atoms. The molecule has 1 aromatic carbocycles. The van der Waals surface area contributed by atoms with Gasteiger partial charge in [0.25, 0.3) is 5.91 Å². The number of nitrogens with one attached hydrogen (secondary N) is 1. The second-order valence-electron chi connectivity index (χ2n) is 5.79. The Kier molecular flexibility index (Phi) is 4.28. The number of carbonyl (C=O) groups is 1. The maximum Gasteiger partial charge on any atom is 0.253 e. The summed E-state index contributed by atoms with van der Waals surface area (Å²) >= 11 is 0. The van der Waals surface area contributed by atoms with Gasteiger partial charge in [-0.15, -0.1) is 0 Å². The van der Waals surface area contributed by atoms with Crippen LogP contribution in [0.25, 0.3) is 0 Å². The lowest BCUT2D eigenvalue weighted by atomic mass is 9.79. The highest BCUT2D eigenvalue weighted by Crippen LogP contribution is 2.31. The summed E-state index contributed by atoms with van der Waals surface area (Å²) in [5.41, 5.74) is 4.64. The monoisotopic (exact) mass is 280 g/mol. The molecule has 1 aliphatic carbocycles. The average molecular weight is 280 g/mol. The Hall–Kier alpha value is -1.62. The van der Waals surface area contributed by atoms with Gasteiger partial charge in [-0.3, -0.25) is 4.79 Å². The van der Waals surface area contributed by atoms with Crippen LogP contribution in [-0.4, -0.2) is 23.2 Å². The number of hydrogen-bond donors (Lipinski definition) is 3.